The van der Waals surface area contributed by atoms with Crippen molar-refractivity contribution in [3.63, 3.8) is 0 Å². The molecule has 0 saturated carbocycles. The molecule has 1 atom stereocenters. The predicted octanol–water partition coefficient (Wildman–Crippen LogP) is 1.51. The van der Waals surface area contributed by atoms with Crippen LogP contribution in [-0.2, 0) is 11.3 Å². The van der Waals surface area contributed by atoms with Gasteiger partial charge in [0.05, 0.1) is 12.1 Å². The van der Waals surface area contributed by atoms with Crippen LogP contribution in [0, 0.1) is 5.82 Å². The molecule has 2 saturated heterocycles. The summed E-state index contributed by atoms with van der Waals surface area (Å²) in [5, 5.41) is 3.24. The number of benzene rings is 1. The molecule has 2 fully saturated rings. The number of nitrogens with zero attached hydrogens (tertiary/aromatic N) is 1. The van der Waals surface area contributed by atoms with Gasteiger partial charge < -0.3 is 10.1 Å². The molecule has 0 aliphatic carbocycles. The maximum atomic E-state index is 13.7. The molecular weight excluding hydrogens is 235 g/mol. The van der Waals surface area contributed by atoms with Gasteiger partial charge in [-0.05, 0) is 19.0 Å². The van der Waals surface area contributed by atoms with Crippen molar-refractivity contribution >= 4 is 6.09 Å². The van der Waals surface area contributed by atoms with Crippen molar-refractivity contribution in [3.05, 3.63) is 35.6 Å². The highest BCUT2D eigenvalue weighted by molar-refractivity contribution is 5.71. The largest absolute Gasteiger partial charge is 0.447 e. The number of amides is 1. The highest BCUT2D eigenvalue weighted by atomic mass is 19.1. The fourth-order valence-corrected chi connectivity index (χ4v) is 2.66. The average molecular weight is 250 g/mol. The highest BCUT2D eigenvalue weighted by Gasteiger charge is 2.49. The minimum Gasteiger partial charge on any atom is -0.447 e. The Hall–Kier alpha value is -1.62. The van der Waals surface area contributed by atoms with Crippen LogP contribution in [0.25, 0.3) is 0 Å². The van der Waals surface area contributed by atoms with E-state index in [-0.39, 0.29) is 24.0 Å². The molecule has 1 aromatic carbocycles. The van der Waals surface area contributed by atoms with Crippen molar-refractivity contribution in [2.45, 2.75) is 18.5 Å². The molecule has 5 heteroatoms. The fraction of sp³-hybridized carbons (Fsp3) is 0.462. The zero-order valence-corrected chi connectivity index (χ0v) is 9.99. The van der Waals surface area contributed by atoms with Crippen molar-refractivity contribution in [1.82, 2.24) is 10.2 Å². The Morgan fingerprint density at radius 2 is 2.28 bits per heavy atom. The number of nitrogens with one attached hydrogen (secondary N) is 1. The second kappa shape index (κ2) is 4.24. The maximum absolute atomic E-state index is 13.7. The van der Waals surface area contributed by atoms with Crippen molar-refractivity contribution in [2.75, 3.05) is 19.7 Å². The normalized spacial score (nSPS) is 26.9. The molecule has 1 amide bonds. The Bertz CT molecular complexity index is 472. The first kappa shape index (κ1) is 11.5. The molecular formula is C13H15FN2O2. The Morgan fingerprint density at radius 1 is 1.44 bits per heavy atom. The van der Waals surface area contributed by atoms with E-state index >= 15 is 0 Å². The summed E-state index contributed by atoms with van der Waals surface area (Å²) in [5.74, 6) is -0.279. The molecule has 0 radical (unpaired) electrons. The maximum Gasteiger partial charge on any atom is 0.410 e. The lowest BCUT2D eigenvalue weighted by Gasteiger charge is -2.30. The molecule has 1 spiro atoms. The number of ether oxygens (including phenoxy) is 1. The van der Waals surface area contributed by atoms with Crippen LogP contribution in [-0.4, -0.2) is 36.2 Å². The van der Waals surface area contributed by atoms with E-state index in [1.54, 1.807) is 23.1 Å². The molecule has 1 N–H and O–H groups in total. The fourth-order valence-electron chi connectivity index (χ4n) is 2.66. The molecule has 0 aromatic heterocycles. The van der Waals surface area contributed by atoms with Crippen LogP contribution >= 0.6 is 0 Å². The molecule has 3 rings (SSSR count). The topological polar surface area (TPSA) is 41.6 Å². The molecule has 4 nitrogen and oxygen atoms in total. The van der Waals surface area contributed by atoms with E-state index in [4.69, 9.17) is 4.74 Å². The summed E-state index contributed by atoms with van der Waals surface area (Å²) in [7, 11) is 0. The lowest BCUT2D eigenvalue weighted by molar-refractivity contribution is 0.149. The molecule has 2 aliphatic heterocycles. The van der Waals surface area contributed by atoms with Gasteiger partial charge in [0.25, 0.3) is 0 Å². The summed E-state index contributed by atoms with van der Waals surface area (Å²) in [6.07, 6.45) is 0.509. The lowest BCUT2D eigenvalue weighted by atomic mass is 9.98. The SMILES string of the molecule is O=C1OCC2(CCNC2)N1Cc1ccccc1F. The molecule has 96 valence electrons. The van der Waals surface area contributed by atoms with E-state index in [1.165, 1.54) is 6.07 Å². The van der Waals surface area contributed by atoms with Gasteiger partial charge in [-0.25, -0.2) is 9.18 Å². The standard InChI is InChI=1S/C13H15FN2O2/c14-11-4-2-1-3-10(11)7-16-12(17)18-9-13(16)5-6-15-8-13/h1-4,15H,5-9H2. The zero-order chi connectivity index (χ0) is 12.6. The quantitative estimate of drug-likeness (QED) is 0.865. The molecule has 18 heavy (non-hydrogen) atoms. The molecule has 0 bridgehead atoms. The van der Waals surface area contributed by atoms with Crippen LogP contribution in [0.15, 0.2) is 24.3 Å². The summed E-state index contributed by atoms with van der Waals surface area (Å²) in [6, 6.07) is 6.54. The molecule has 2 heterocycles. The van der Waals surface area contributed by atoms with Crippen molar-refractivity contribution in [3.8, 4) is 0 Å². The van der Waals surface area contributed by atoms with E-state index in [1.807, 2.05) is 0 Å². The highest BCUT2D eigenvalue weighted by Crippen LogP contribution is 2.32. The van der Waals surface area contributed by atoms with Crippen LogP contribution in [0.4, 0.5) is 9.18 Å². The van der Waals surface area contributed by atoms with Gasteiger partial charge in [0.2, 0.25) is 0 Å². The predicted molar refractivity (Wildman–Crippen MR) is 63.5 cm³/mol. The number of carbonyl (C=O) groups is 1. The second-order valence-electron chi connectivity index (χ2n) is 4.88. The number of hydrogen-bond donors (Lipinski definition) is 1. The summed E-state index contributed by atoms with van der Waals surface area (Å²) >= 11 is 0. The third-order valence-corrected chi connectivity index (χ3v) is 3.76. The monoisotopic (exact) mass is 250 g/mol. The van der Waals surface area contributed by atoms with Crippen molar-refractivity contribution < 1.29 is 13.9 Å². The van der Waals surface area contributed by atoms with Crippen molar-refractivity contribution in [2.24, 2.45) is 0 Å². The van der Waals surface area contributed by atoms with E-state index in [9.17, 15) is 9.18 Å². The summed E-state index contributed by atoms with van der Waals surface area (Å²) in [4.78, 5) is 13.5. The summed E-state index contributed by atoms with van der Waals surface area (Å²) in [6.45, 7) is 2.25. The van der Waals surface area contributed by atoms with Crippen molar-refractivity contribution in [1.29, 1.82) is 0 Å². The minimum atomic E-state index is -0.345. The van der Waals surface area contributed by atoms with Gasteiger partial charge in [0.15, 0.2) is 0 Å². The van der Waals surface area contributed by atoms with Gasteiger partial charge in [0.1, 0.15) is 12.4 Å². The average Bonchev–Trinajstić information content (AvgIpc) is 2.95. The number of hydrogen-bond acceptors (Lipinski definition) is 3. The van der Waals surface area contributed by atoms with Crippen LogP contribution in [0.2, 0.25) is 0 Å². The first-order chi connectivity index (χ1) is 8.71. The number of carbonyl (C=O) groups excluding carboxylic acids is 1. The molecule has 1 unspecified atom stereocenters. The lowest BCUT2D eigenvalue weighted by Crippen LogP contribution is -2.48. The molecule has 1 aromatic rings. The number of rotatable bonds is 2. The third-order valence-electron chi connectivity index (χ3n) is 3.76. The van der Waals surface area contributed by atoms with Gasteiger partial charge in [0, 0.05) is 12.1 Å². The van der Waals surface area contributed by atoms with Crippen LogP contribution in [0.1, 0.15) is 12.0 Å². The van der Waals surface area contributed by atoms with Gasteiger partial charge >= 0.3 is 6.09 Å². The van der Waals surface area contributed by atoms with Crippen LogP contribution in [0.5, 0.6) is 0 Å². The van der Waals surface area contributed by atoms with E-state index in [0.29, 0.717) is 18.7 Å². The van der Waals surface area contributed by atoms with Gasteiger partial charge in [-0.2, -0.15) is 0 Å². The van der Waals surface area contributed by atoms with Gasteiger partial charge in [-0.3, -0.25) is 4.90 Å². The Balaban J connectivity index is 1.86. The van der Waals surface area contributed by atoms with Gasteiger partial charge in [-0.15, -0.1) is 0 Å². The summed E-state index contributed by atoms with van der Waals surface area (Å²) < 4.78 is 18.8. The minimum absolute atomic E-state index is 0.271. The molecule has 2 aliphatic rings. The number of halogens is 1. The second-order valence-corrected chi connectivity index (χ2v) is 4.88. The van der Waals surface area contributed by atoms with E-state index < -0.39 is 0 Å². The van der Waals surface area contributed by atoms with Crippen LogP contribution in [0.3, 0.4) is 0 Å². The third kappa shape index (κ3) is 1.75. The first-order valence-corrected chi connectivity index (χ1v) is 6.10. The summed E-state index contributed by atoms with van der Waals surface area (Å²) in [5.41, 5.74) is 0.238. The van der Waals surface area contributed by atoms with Gasteiger partial charge in [-0.1, -0.05) is 18.2 Å². The number of cyclic esters (lactones) is 1. The van der Waals surface area contributed by atoms with E-state index in [0.717, 1.165) is 13.0 Å². The smallest absolute Gasteiger partial charge is 0.410 e. The zero-order valence-electron chi connectivity index (χ0n) is 9.99. The first-order valence-electron chi connectivity index (χ1n) is 6.10. The Kier molecular flexibility index (Phi) is 2.70. The Labute approximate surface area is 105 Å². The van der Waals surface area contributed by atoms with Crippen LogP contribution < -0.4 is 5.32 Å². The Morgan fingerprint density at radius 3 is 3.00 bits per heavy atom. The van der Waals surface area contributed by atoms with E-state index in [2.05, 4.69) is 5.32 Å².